The highest BCUT2D eigenvalue weighted by molar-refractivity contribution is 5.96. The first kappa shape index (κ1) is 27.8. The standard InChI is InChI=1S/C20H33N5O8/c1-10(2)7-13(20(32)33)24-17(29)11(3)22-18(30)14-5-4-6-25(14)19(31)12(8-16(27)28)23-15(26)9-21/h10-14H,4-9,21H2,1-3H3,(H,22,30)(H,23,26)(H,24,29)(H,27,28)(H,32,33)/t11-,12-,13-,14-/m0/s1. The van der Waals surface area contributed by atoms with Crippen LogP contribution in [0.2, 0.25) is 0 Å². The summed E-state index contributed by atoms with van der Waals surface area (Å²) in [7, 11) is 0. The summed E-state index contributed by atoms with van der Waals surface area (Å²) >= 11 is 0. The summed E-state index contributed by atoms with van der Waals surface area (Å²) in [5.74, 6) is -5.26. The second-order valence-electron chi connectivity index (χ2n) is 8.37. The number of carboxylic acid groups (broad SMARTS) is 2. The van der Waals surface area contributed by atoms with Crippen LogP contribution in [-0.2, 0) is 28.8 Å². The Bertz CT molecular complexity index is 772. The van der Waals surface area contributed by atoms with Crippen molar-refractivity contribution in [1.82, 2.24) is 20.9 Å². The average molecular weight is 472 g/mol. The van der Waals surface area contributed by atoms with Crippen molar-refractivity contribution >= 4 is 35.6 Å². The van der Waals surface area contributed by atoms with E-state index in [0.717, 1.165) is 0 Å². The van der Waals surface area contributed by atoms with Crippen LogP contribution < -0.4 is 21.7 Å². The van der Waals surface area contributed by atoms with Crippen LogP contribution in [0.15, 0.2) is 0 Å². The van der Waals surface area contributed by atoms with Gasteiger partial charge in [-0.25, -0.2) is 4.79 Å². The molecule has 0 aromatic rings. The first-order valence-corrected chi connectivity index (χ1v) is 10.7. The largest absolute Gasteiger partial charge is 0.481 e. The van der Waals surface area contributed by atoms with Gasteiger partial charge in [-0.15, -0.1) is 0 Å². The molecule has 186 valence electrons. The zero-order valence-corrected chi connectivity index (χ0v) is 19.0. The maximum absolute atomic E-state index is 12.9. The fourth-order valence-electron chi connectivity index (χ4n) is 3.50. The Kier molecular flexibility index (Phi) is 10.7. The number of nitrogens with zero attached hydrogens (tertiary/aromatic N) is 1. The number of carboxylic acids is 2. The van der Waals surface area contributed by atoms with Crippen molar-refractivity contribution in [2.75, 3.05) is 13.1 Å². The Balaban J connectivity index is 2.84. The smallest absolute Gasteiger partial charge is 0.326 e. The van der Waals surface area contributed by atoms with Gasteiger partial charge in [0.1, 0.15) is 24.2 Å². The molecule has 4 amide bonds. The SMILES string of the molecule is CC(C)C[C@H](NC(=O)[C@H](C)NC(=O)[C@@H]1CCCN1C(=O)[C@H](CC(=O)O)NC(=O)CN)C(=O)O. The summed E-state index contributed by atoms with van der Waals surface area (Å²) in [4.78, 5) is 73.3. The van der Waals surface area contributed by atoms with Gasteiger partial charge in [-0.2, -0.15) is 0 Å². The van der Waals surface area contributed by atoms with Crippen LogP contribution in [0.4, 0.5) is 0 Å². The van der Waals surface area contributed by atoms with E-state index in [9.17, 15) is 33.9 Å². The number of nitrogens with two attached hydrogens (primary N) is 1. The third kappa shape index (κ3) is 8.67. The highest BCUT2D eigenvalue weighted by atomic mass is 16.4. The molecule has 0 aromatic heterocycles. The number of nitrogens with one attached hydrogen (secondary N) is 3. The lowest BCUT2D eigenvalue weighted by molar-refractivity contribution is -0.146. The van der Waals surface area contributed by atoms with Gasteiger partial charge in [0.15, 0.2) is 0 Å². The summed E-state index contributed by atoms with van der Waals surface area (Å²) < 4.78 is 0. The van der Waals surface area contributed by atoms with Crippen molar-refractivity contribution in [1.29, 1.82) is 0 Å². The number of amides is 4. The van der Waals surface area contributed by atoms with Crippen LogP contribution in [0.1, 0.15) is 46.5 Å². The minimum Gasteiger partial charge on any atom is -0.481 e. The Labute approximate surface area is 191 Å². The molecule has 4 atom stereocenters. The van der Waals surface area contributed by atoms with Crippen molar-refractivity contribution in [3.8, 4) is 0 Å². The summed E-state index contributed by atoms with van der Waals surface area (Å²) in [6, 6.07) is -4.54. The van der Waals surface area contributed by atoms with Gasteiger partial charge in [0.25, 0.3) is 0 Å². The van der Waals surface area contributed by atoms with Gasteiger partial charge >= 0.3 is 11.9 Å². The predicted octanol–water partition coefficient (Wildman–Crippen LogP) is -1.98. The number of carbonyl (C=O) groups is 6. The van der Waals surface area contributed by atoms with Gasteiger partial charge in [0, 0.05) is 6.54 Å². The van der Waals surface area contributed by atoms with Gasteiger partial charge in [0.2, 0.25) is 23.6 Å². The topological polar surface area (TPSA) is 208 Å². The zero-order valence-electron chi connectivity index (χ0n) is 19.0. The van der Waals surface area contributed by atoms with Gasteiger partial charge < -0.3 is 36.8 Å². The molecule has 1 aliphatic rings. The third-order valence-electron chi connectivity index (χ3n) is 5.11. The lowest BCUT2D eigenvalue weighted by Gasteiger charge is -2.29. The van der Waals surface area contributed by atoms with Crippen LogP contribution in [0.3, 0.4) is 0 Å². The number of carbonyl (C=O) groups excluding carboxylic acids is 4. The molecule has 13 nitrogen and oxygen atoms in total. The van der Waals surface area contributed by atoms with Gasteiger partial charge in [-0.05, 0) is 32.1 Å². The summed E-state index contributed by atoms with van der Waals surface area (Å²) in [6.45, 7) is 4.74. The Morgan fingerprint density at radius 2 is 1.64 bits per heavy atom. The lowest BCUT2D eigenvalue weighted by atomic mass is 10.0. The molecule has 1 rings (SSSR count). The molecule has 0 saturated carbocycles. The molecule has 1 aliphatic heterocycles. The second kappa shape index (κ2) is 12.7. The molecular formula is C20H33N5O8. The molecule has 0 unspecified atom stereocenters. The van der Waals surface area contributed by atoms with Crippen LogP contribution in [0, 0.1) is 5.92 Å². The van der Waals surface area contributed by atoms with Crippen molar-refractivity contribution in [3.63, 3.8) is 0 Å². The number of hydrogen-bond donors (Lipinski definition) is 6. The van der Waals surface area contributed by atoms with E-state index >= 15 is 0 Å². The van der Waals surface area contributed by atoms with Crippen molar-refractivity contribution < 1.29 is 39.0 Å². The number of hydrogen-bond acceptors (Lipinski definition) is 7. The molecule has 1 heterocycles. The van der Waals surface area contributed by atoms with Crippen molar-refractivity contribution in [2.24, 2.45) is 11.7 Å². The number of likely N-dealkylation sites (tertiary alicyclic amines) is 1. The molecule has 0 radical (unpaired) electrons. The van der Waals surface area contributed by atoms with Crippen molar-refractivity contribution in [2.45, 2.75) is 70.6 Å². The summed E-state index contributed by atoms with van der Waals surface area (Å²) in [5.41, 5.74) is 5.22. The Morgan fingerprint density at radius 3 is 2.15 bits per heavy atom. The quantitative estimate of drug-likeness (QED) is 0.186. The first-order chi connectivity index (χ1) is 15.4. The van der Waals surface area contributed by atoms with E-state index in [1.807, 2.05) is 13.8 Å². The minimum atomic E-state index is -1.39. The number of aliphatic carboxylic acids is 2. The van der Waals surface area contributed by atoms with Crippen LogP contribution in [0.5, 0.6) is 0 Å². The average Bonchev–Trinajstić information content (AvgIpc) is 3.21. The zero-order chi connectivity index (χ0) is 25.3. The van der Waals surface area contributed by atoms with Gasteiger partial charge in [0.05, 0.1) is 13.0 Å². The van der Waals surface area contributed by atoms with E-state index in [4.69, 9.17) is 10.8 Å². The third-order valence-corrected chi connectivity index (χ3v) is 5.11. The normalized spacial score (nSPS) is 18.2. The van der Waals surface area contributed by atoms with E-state index in [2.05, 4.69) is 16.0 Å². The van der Waals surface area contributed by atoms with E-state index in [1.165, 1.54) is 11.8 Å². The van der Waals surface area contributed by atoms with E-state index in [1.54, 1.807) is 0 Å². The van der Waals surface area contributed by atoms with Crippen LogP contribution in [0.25, 0.3) is 0 Å². The number of rotatable bonds is 12. The first-order valence-electron chi connectivity index (χ1n) is 10.7. The highest BCUT2D eigenvalue weighted by Gasteiger charge is 2.39. The predicted molar refractivity (Wildman–Crippen MR) is 115 cm³/mol. The lowest BCUT2D eigenvalue weighted by Crippen LogP contribution is -2.57. The molecule has 13 heteroatoms. The van der Waals surface area contributed by atoms with Crippen LogP contribution >= 0.6 is 0 Å². The molecular weight excluding hydrogens is 438 g/mol. The molecule has 0 spiro atoms. The minimum absolute atomic E-state index is 0.0212. The molecule has 0 aliphatic carbocycles. The van der Waals surface area contributed by atoms with Gasteiger partial charge in [-0.1, -0.05) is 13.8 Å². The Hall–Kier alpha value is -3.22. The van der Waals surface area contributed by atoms with E-state index in [-0.39, 0.29) is 25.3 Å². The van der Waals surface area contributed by atoms with E-state index in [0.29, 0.717) is 6.42 Å². The molecule has 1 saturated heterocycles. The second-order valence-corrected chi connectivity index (χ2v) is 8.37. The summed E-state index contributed by atoms with van der Waals surface area (Å²) in [6.07, 6.45) is 0.277. The van der Waals surface area contributed by atoms with Crippen molar-refractivity contribution in [3.05, 3.63) is 0 Å². The van der Waals surface area contributed by atoms with Gasteiger partial charge in [-0.3, -0.25) is 24.0 Å². The monoisotopic (exact) mass is 471 g/mol. The molecule has 33 heavy (non-hydrogen) atoms. The molecule has 7 N–H and O–H groups in total. The maximum Gasteiger partial charge on any atom is 0.326 e. The molecule has 1 fully saturated rings. The molecule has 0 aromatic carbocycles. The Morgan fingerprint density at radius 1 is 1.00 bits per heavy atom. The fourth-order valence-corrected chi connectivity index (χ4v) is 3.50. The fraction of sp³-hybridized carbons (Fsp3) is 0.700. The van der Waals surface area contributed by atoms with Crippen LogP contribution in [-0.4, -0.2) is 87.9 Å². The highest BCUT2D eigenvalue weighted by Crippen LogP contribution is 2.19. The maximum atomic E-state index is 12.9. The summed E-state index contributed by atoms with van der Waals surface area (Å²) in [5, 5.41) is 25.4. The molecule has 0 bridgehead atoms. The van der Waals surface area contributed by atoms with E-state index < -0.39 is 72.7 Å².